The van der Waals surface area contributed by atoms with Crippen LogP contribution in [0.4, 0.5) is 5.69 Å². The van der Waals surface area contributed by atoms with Crippen molar-refractivity contribution in [1.29, 1.82) is 0 Å². The first kappa shape index (κ1) is 18.0. The van der Waals surface area contributed by atoms with E-state index >= 15 is 0 Å². The van der Waals surface area contributed by atoms with Gasteiger partial charge in [0, 0.05) is 36.3 Å². The summed E-state index contributed by atoms with van der Waals surface area (Å²) in [6, 6.07) is 16.5. The van der Waals surface area contributed by atoms with Gasteiger partial charge in [-0.2, -0.15) is 0 Å². The number of piperazine rings is 1. The number of para-hydroxylation sites is 2. The molecule has 2 aromatic carbocycles. The first-order chi connectivity index (χ1) is 14.9. The van der Waals surface area contributed by atoms with E-state index in [-0.39, 0.29) is 18.0 Å². The lowest BCUT2D eigenvalue weighted by Gasteiger charge is -2.57. The Morgan fingerprint density at radius 1 is 1.00 bits per heavy atom. The van der Waals surface area contributed by atoms with Crippen LogP contribution in [0.5, 0.6) is 0 Å². The summed E-state index contributed by atoms with van der Waals surface area (Å²) in [5.41, 5.74) is 3.86. The minimum Gasteiger partial charge on any atom is -0.364 e. The maximum Gasteiger partial charge on any atom is 0.262 e. The summed E-state index contributed by atoms with van der Waals surface area (Å²) < 4.78 is 0. The van der Waals surface area contributed by atoms with E-state index < -0.39 is 15.2 Å². The summed E-state index contributed by atoms with van der Waals surface area (Å²) in [4.78, 5) is 32.7. The summed E-state index contributed by atoms with van der Waals surface area (Å²) in [5, 5.41) is 4.78. The van der Waals surface area contributed by atoms with E-state index in [4.69, 9.17) is 0 Å². The molecule has 4 fully saturated rings. The molecule has 156 valence electrons. The fourth-order valence-electron chi connectivity index (χ4n) is 6.02. The predicted molar refractivity (Wildman–Crippen MR) is 123 cm³/mol. The number of carbonyl (C=O) groups excluding carboxylic acids is 2. The number of aromatic nitrogens is 1. The largest absolute Gasteiger partial charge is 0.364 e. The minimum atomic E-state index is -0.919. The molecule has 0 radical (unpaired) electrons. The van der Waals surface area contributed by atoms with Gasteiger partial charge in [0.15, 0.2) is 9.74 Å². The molecule has 8 rings (SSSR count). The maximum absolute atomic E-state index is 13.9. The molecule has 5 aliphatic heterocycles. The highest BCUT2D eigenvalue weighted by molar-refractivity contribution is 8.78. The molecule has 4 atom stereocenters. The lowest BCUT2D eigenvalue weighted by Crippen LogP contribution is -2.75. The van der Waals surface area contributed by atoms with Crippen LogP contribution in [0.25, 0.3) is 10.9 Å². The summed E-state index contributed by atoms with van der Waals surface area (Å²) in [7, 11) is 4.84. The van der Waals surface area contributed by atoms with Crippen molar-refractivity contribution in [3.8, 4) is 0 Å². The molecule has 8 heteroatoms. The molecule has 4 saturated heterocycles. The van der Waals surface area contributed by atoms with Crippen molar-refractivity contribution >= 4 is 50.0 Å². The lowest BCUT2D eigenvalue weighted by atomic mass is 9.72. The maximum atomic E-state index is 13.9. The number of rotatable bonds is 1. The van der Waals surface area contributed by atoms with E-state index in [1.165, 1.54) is 10.8 Å². The van der Waals surface area contributed by atoms with Crippen molar-refractivity contribution < 1.29 is 9.59 Å². The highest BCUT2D eigenvalue weighted by Crippen LogP contribution is 2.69. The SMILES string of the molecule is CN1C(=O)[C@]23C[C@]4(c5c[nH]c6ccccc56)c5ccccc5N[C@@H]4N2C(=O)[C@@]1(C)SS3. The monoisotopic (exact) mass is 448 g/mol. The molecule has 0 unspecified atom stereocenters. The smallest absolute Gasteiger partial charge is 0.262 e. The fourth-order valence-corrected chi connectivity index (χ4v) is 9.53. The Bertz CT molecular complexity index is 1320. The molecule has 3 aromatic rings. The molecule has 5 aliphatic rings. The van der Waals surface area contributed by atoms with Gasteiger partial charge in [0.25, 0.3) is 11.8 Å². The average molecular weight is 449 g/mol. The van der Waals surface area contributed by atoms with Gasteiger partial charge in [-0.1, -0.05) is 58.0 Å². The van der Waals surface area contributed by atoms with E-state index in [1.54, 1.807) is 22.7 Å². The van der Waals surface area contributed by atoms with Crippen molar-refractivity contribution in [3.63, 3.8) is 0 Å². The van der Waals surface area contributed by atoms with Crippen LogP contribution in [0.15, 0.2) is 54.7 Å². The Morgan fingerprint density at radius 2 is 1.77 bits per heavy atom. The molecule has 2 bridgehead atoms. The molecular formula is C23H20N4O2S2. The first-order valence-electron chi connectivity index (χ1n) is 10.3. The number of hydrogen-bond donors (Lipinski definition) is 2. The van der Waals surface area contributed by atoms with Gasteiger partial charge in [-0.25, -0.2) is 0 Å². The van der Waals surface area contributed by atoms with E-state index in [9.17, 15) is 9.59 Å². The summed E-state index contributed by atoms with van der Waals surface area (Å²) in [6.07, 6.45) is 2.29. The van der Waals surface area contributed by atoms with Crippen molar-refractivity contribution in [2.75, 3.05) is 12.4 Å². The second-order valence-corrected chi connectivity index (χ2v) is 11.8. The van der Waals surface area contributed by atoms with Crippen LogP contribution in [0.3, 0.4) is 0 Å². The van der Waals surface area contributed by atoms with Crippen LogP contribution in [0, 0.1) is 0 Å². The van der Waals surface area contributed by atoms with Gasteiger partial charge in [-0.05, 0) is 30.2 Å². The Morgan fingerprint density at radius 3 is 2.65 bits per heavy atom. The van der Waals surface area contributed by atoms with Crippen LogP contribution < -0.4 is 5.32 Å². The van der Waals surface area contributed by atoms with E-state index in [0.717, 1.165) is 27.7 Å². The number of amides is 2. The number of fused-ring (bicyclic) bond motifs is 6. The van der Waals surface area contributed by atoms with Crippen molar-refractivity contribution in [2.45, 2.75) is 34.7 Å². The standard InChI is InChI=1S/C23H20N4O2S2/c1-21-19(28)27-18-22(14-8-4-6-10-17(14)25-18,12-23(27,31-30-21)20(29)26(21)2)15-11-24-16-9-5-3-7-13(15)16/h3-11,18,24-25H,12H2,1-2H3/t18-,21-,22-,23-/m1/s1. The third-order valence-corrected chi connectivity index (χ3v) is 11.3. The molecule has 1 aromatic heterocycles. The van der Waals surface area contributed by atoms with E-state index in [2.05, 4.69) is 40.8 Å². The Hall–Kier alpha value is -2.58. The second kappa shape index (κ2) is 5.42. The Kier molecular flexibility index (Phi) is 3.15. The number of nitrogens with zero attached hydrogens (tertiary/aromatic N) is 2. The van der Waals surface area contributed by atoms with Gasteiger partial charge in [0.1, 0.15) is 6.17 Å². The third kappa shape index (κ3) is 1.79. The average Bonchev–Trinajstić information content (AvgIpc) is 3.42. The summed E-state index contributed by atoms with van der Waals surface area (Å²) in [5.74, 6) is 0.0246. The number of likely N-dealkylation sites (N-methyl/N-ethyl adjacent to an activating group) is 1. The van der Waals surface area contributed by atoms with Crippen LogP contribution >= 0.6 is 21.6 Å². The fraction of sp³-hybridized carbons (Fsp3) is 0.304. The molecule has 0 aliphatic carbocycles. The molecular weight excluding hydrogens is 428 g/mol. The van der Waals surface area contributed by atoms with Crippen molar-refractivity contribution in [3.05, 3.63) is 65.9 Å². The Labute approximate surface area is 187 Å². The first-order valence-corrected chi connectivity index (χ1v) is 12.5. The Balaban J connectivity index is 1.55. The quantitative estimate of drug-likeness (QED) is 0.556. The van der Waals surface area contributed by atoms with Gasteiger partial charge in [-0.15, -0.1) is 0 Å². The molecule has 6 nitrogen and oxygen atoms in total. The molecule has 1 spiro atoms. The van der Waals surface area contributed by atoms with Crippen LogP contribution in [-0.2, 0) is 15.0 Å². The number of anilines is 1. The second-order valence-electron chi connectivity index (χ2n) is 8.96. The third-order valence-electron chi connectivity index (χ3n) is 7.64. The zero-order chi connectivity index (χ0) is 21.2. The summed E-state index contributed by atoms with van der Waals surface area (Å²) in [6.45, 7) is 1.86. The topological polar surface area (TPSA) is 68.4 Å². The lowest BCUT2D eigenvalue weighted by molar-refractivity contribution is -0.163. The molecule has 6 heterocycles. The number of H-pyrrole nitrogens is 1. The van der Waals surface area contributed by atoms with E-state index in [1.807, 2.05) is 36.1 Å². The van der Waals surface area contributed by atoms with Gasteiger partial charge in [0.05, 0.1) is 5.41 Å². The molecule has 2 N–H and O–H groups in total. The summed E-state index contributed by atoms with van der Waals surface area (Å²) >= 11 is 0. The number of aromatic amines is 1. The number of nitrogens with one attached hydrogen (secondary N) is 2. The number of carbonyl (C=O) groups is 2. The highest BCUT2D eigenvalue weighted by atomic mass is 33.1. The zero-order valence-corrected chi connectivity index (χ0v) is 18.6. The zero-order valence-electron chi connectivity index (χ0n) is 17.0. The van der Waals surface area contributed by atoms with Gasteiger partial charge < -0.3 is 15.2 Å². The van der Waals surface area contributed by atoms with Crippen LogP contribution in [0.2, 0.25) is 0 Å². The van der Waals surface area contributed by atoms with Gasteiger partial charge in [-0.3, -0.25) is 14.5 Å². The number of benzene rings is 2. The normalized spacial score (nSPS) is 35.4. The van der Waals surface area contributed by atoms with Gasteiger partial charge >= 0.3 is 0 Å². The molecule has 0 saturated carbocycles. The predicted octanol–water partition coefficient (Wildman–Crippen LogP) is 3.72. The van der Waals surface area contributed by atoms with Crippen LogP contribution in [-0.4, -0.2) is 49.6 Å². The van der Waals surface area contributed by atoms with Crippen molar-refractivity contribution in [2.24, 2.45) is 0 Å². The van der Waals surface area contributed by atoms with Crippen LogP contribution in [0.1, 0.15) is 24.5 Å². The molecule has 2 amide bonds. The van der Waals surface area contributed by atoms with Gasteiger partial charge in [0.2, 0.25) is 0 Å². The molecule has 31 heavy (non-hydrogen) atoms. The highest BCUT2D eigenvalue weighted by Gasteiger charge is 2.77. The van der Waals surface area contributed by atoms with E-state index in [0.29, 0.717) is 6.42 Å². The van der Waals surface area contributed by atoms with Crippen molar-refractivity contribution in [1.82, 2.24) is 14.8 Å². The minimum absolute atomic E-state index is 0.00497. The number of hydrogen-bond acceptors (Lipinski definition) is 5.